The van der Waals surface area contributed by atoms with E-state index in [1.807, 2.05) is 6.92 Å². The molecule has 2 saturated heterocycles. The molecule has 0 bridgehead atoms. The van der Waals surface area contributed by atoms with Crippen LogP contribution in [0.15, 0.2) is 0 Å². The fourth-order valence-corrected chi connectivity index (χ4v) is 4.96. The molecule has 1 saturated carbocycles. The molecular weight excluding hydrogens is 264 g/mol. The van der Waals surface area contributed by atoms with Crippen molar-refractivity contribution in [1.82, 2.24) is 10.2 Å². The van der Waals surface area contributed by atoms with Crippen molar-refractivity contribution in [2.45, 2.75) is 43.6 Å². The van der Waals surface area contributed by atoms with Crippen LogP contribution in [0.25, 0.3) is 0 Å². The lowest BCUT2D eigenvalue weighted by molar-refractivity contribution is -0.150. The summed E-state index contributed by atoms with van der Waals surface area (Å²) in [4.78, 5) is 25.6. The van der Waals surface area contributed by atoms with Gasteiger partial charge in [0.05, 0.1) is 11.4 Å². The number of carbonyl (C=O) groups is 2. The van der Waals surface area contributed by atoms with Crippen LogP contribution in [0.3, 0.4) is 0 Å². The van der Waals surface area contributed by atoms with E-state index in [0.29, 0.717) is 17.6 Å². The van der Waals surface area contributed by atoms with Gasteiger partial charge in [-0.05, 0) is 38.1 Å². The van der Waals surface area contributed by atoms with E-state index in [1.165, 1.54) is 12.8 Å². The molecule has 5 unspecified atom stereocenters. The average Bonchev–Trinajstić information content (AvgIpc) is 3.00. The van der Waals surface area contributed by atoms with Crippen molar-refractivity contribution in [2.24, 2.45) is 11.8 Å². The maximum atomic E-state index is 12.7. The number of nitrogens with zero attached hydrogens (tertiary/aromatic N) is 1. The maximum absolute atomic E-state index is 12.7. The maximum Gasteiger partial charge on any atom is 0.327 e. The van der Waals surface area contributed by atoms with Crippen LogP contribution >= 0.6 is 11.8 Å². The van der Waals surface area contributed by atoms with E-state index in [9.17, 15) is 14.7 Å². The largest absolute Gasteiger partial charge is 0.480 e. The first-order chi connectivity index (χ1) is 9.09. The van der Waals surface area contributed by atoms with Crippen LogP contribution in [0.5, 0.6) is 0 Å². The Morgan fingerprint density at radius 1 is 1.37 bits per heavy atom. The predicted molar refractivity (Wildman–Crippen MR) is 72.8 cm³/mol. The van der Waals surface area contributed by atoms with Gasteiger partial charge in [-0.2, -0.15) is 0 Å². The summed E-state index contributed by atoms with van der Waals surface area (Å²) in [6, 6.07) is -0.815. The molecule has 2 heterocycles. The summed E-state index contributed by atoms with van der Waals surface area (Å²) >= 11 is 1.55. The van der Waals surface area contributed by atoms with Gasteiger partial charge in [0.1, 0.15) is 6.04 Å². The molecule has 1 aliphatic carbocycles. The molecule has 0 aromatic rings. The summed E-state index contributed by atoms with van der Waals surface area (Å²) in [5.41, 5.74) is 0. The van der Waals surface area contributed by atoms with Crippen LogP contribution in [0.1, 0.15) is 26.2 Å². The topological polar surface area (TPSA) is 69.6 Å². The van der Waals surface area contributed by atoms with E-state index in [-0.39, 0.29) is 17.3 Å². The molecule has 3 rings (SSSR count). The number of rotatable bonds is 2. The first kappa shape index (κ1) is 13.2. The Morgan fingerprint density at radius 2 is 2.16 bits per heavy atom. The van der Waals surface area contributed by atoms with Gasteiger partial charge in [0.25, 0.3) is 0 Å². The summed E-state index contributed by atoms with van der Waals surface area (Å²) in [7, 11) is 0. The second kappa shape index (κ2) is 4.98. The fraction of sp³-hybridized carbons (Fsp3) is 0.846. The van der Waals surface area contributed by atoms with Gasteiger partial charge in [0.15, 0.2) is 0 Å². The lowest BCUT2D eigenvalue weighted by Crippen LogP contribution is -2.52. The predicted octanol–water partition coefficient (Wildman–Crippen LogP) is 0.749. The number of nitrogens with one attached hydrogen (secondary N) is 1. The van der Waals surface area contributed by atoms with Crippen molar-refractivity contribution in [1.29, 1.82) is 0 Å². The SMILES string of the molecule is CC1SCC(C(=O)O)N1C(=O)C1NCC2CCCC21. The van der Waals surface area contributed by atoms with Crippen molar-refractivity contribution >= 4 is 23.6 Å². The van der Waals surface area contributed by atoms with Crippen molar-refractivity contribution in [3.8, 4) is 0 Å². The van der Waals surface area contributed by atoms with Crippen LogP contribution in [0, 0.1) is 11.8 Å². The number of thioether (sulfide) groups is 1. The zero-order chi connectivity index (χ0) is 13.6. The lowest BCUT2D eigenvalue weighted by Gasteiger charge is -2.30. The Hall–Kier alpha value is -0.750. The second-order valence-electron chi connectivity index (χ2n) is 5.77. The Kier molecular flexibility index (Phi) is 3.47. The second-order valence-corrected chi connectivity index (χ2v) is 7.12. The highest BCUT2D eigenvalue weighted by Crippen LogP contribution is 2.40. The summed E-state index contributed by atoms with van der Waals surface area (Å²) in [6.07, 6.45) is 3.50. The quantitative estimate of drug-likeness (QED) is 0.783. The summed E-state index contributed by atoms with van der Waals surface area (Å²) in [5.74, 6) is 0.649. The number of fused-ring (bicyclic) bond motifs is 1. The molecule has 2 aliphatic heterocycles. The van der Waals surface area contributed by atoms with E-state index in [0.717, 1.165) is 13.0 Å². The smallest absolute Gasteiger partial charge is 0.327 e. The van der Waals surface area contributed by atoms with E-state index >= 15 is 0 Å². The number of hydrogen-bond donors (Lipinski definition) is 2. The number of carboxylic acids is 1. The molecule has 0 spiro atoms. The first-order valence-corrected chi connectivity index (χ1v) is 8.04. The number of amides is 1. The first-order valence-electron chi connectivity index (χ1n) is 6.99. The van der Waals surface area contributed by atoms with Crippen LogP contribution < -0.4 is 5.32 Å². The molecule has 3 aliphatic rings. The molecule has 0 aromatic carbocycles. The van der Waals surface area contributed by atoms with Crippen LogP contribution in [-0.2, 0) is 9.59 Å². The van der Waals surface area contributed by atoms with Crippen molar-refractivity contribution in [3.63, 3.8) is 0 Å². The normalized spacial score (nSPS) is 41.5. The molecule has 1 amide bonds. The van der Waals surface area contributed by atoms with E-state index < -0.39 is 12.0 Å². The minimum atomic E-state index is -0.883. The molecule has 0 aromatic heterocycles. The highest BCUT2D eigenvalue weighted by molar-refractivity contribution is 8.00. The minimum absolute atomic E-state index is 0.000648. The highest BCUT2D eigenvalue weighted by Gasteiger charge is 2.48. The zero-order valence-electron chi connectivity index (χ0n) is 11.0. The third-order valence-electron chi connectivity index (χ3n) is 4.77. The van der Waals surface area contributed by atoms with Gasteiger partial charge in [0, 0.05) is 5.75 Å². The highest BCUT2D eigenvalue weighted by atomic mass is 32.2. The number of hydrogen-bond acceptors (Lipinski definition) is 4. The molecule has 6 heteroatoms. The van der Waals surface area contributed by atoms with E-state index in [4.69, 9.17) is 0 Å². The van der Waals surface area contributed by atoms with Gasteiger partial charge >= 0.3 is 5.97 Å². The number of aliphatic carboxylic acids is 1. The summed E-state index contributed by atoms with van der Waals surface area (Å²) < 4.78 is 0. The Morgan fingerprint density at radius 3 is 2.89 bits per heavy atom. The van der Waals surface area contributed by atoms with Crippen molar-refractivity contribution in [3.05, 3.63) is 0 Å². The standard InChI is InChI=1S/C13H20N2O3S/c1-7-15(10(6-19-7)13(17)18)12(16)11-9-4-2-3-8(9)5-14-11/h7-11,14H,2-6H2,1H3,(H,17,18). The Labute approximate surface area is 117 Å². The van der Waals surface area contributed by atoms with Crippen LogP contribution in [0.4, 0.5) is 0 Å². The van der Waals surface area contributed by atoms with Gasteiger partial charge < -0.3 is 15.3 Å². The minimum Gasteiger partial charge on any atom is -0.480 e. The van der Waals surface area contributed by atoms with Crippen LogP contribution in [0.2, 0.25) is 0 Å². The van der Waals surface area contributed by atoms with Crippen molar-refractivity contribution in [2.75, 3.05) is 12.3 Å². The molecule has 5 nitrogen and oxygen atoms in total. The molecule has 3 fully saturated rings. The molecule has 5 atom stereocenters. The number of carbonyl (C=O) groups excluding carboxylic acids is 1. The van der Waals surface area contributed by atoms with E-state index in [1.54, 1.807) is 16.7 Å². The van der Waals surface area contributed by atoms with Gasteiger partial charge in [-0.15, -0.1) is 11.8 Å². The third-order valence-corrected chi connectivity index (χ3v) is 5.99. The van der Waals surface area contributed by atoms with Gasteiger partial charge in [-0.1, -0.05) is 6.42 Å². The Bertz CT molecular complexity index is 403. The molecule has 19 heavy (non-hydrogen) atoms. The lowest BCUT2D eigenvalue weighted by atomic mass is 9.93. The molecule has 106 valence electrons. The Balaban J connectivity index is 1.77. The molecule has 2 N–H and O–H groups in total. The van der Waals surface area contributed by atoms with Crippen LogP contribution in [-0.4, -0.2) is 51.6 Å². The monoisotopic (exact) mass is 284 g/mol. The van der Waals surface area contributed by atoms with Crippen molar-refractivity contribution < 1.29 is 14.7 Å². The van der Waals surface area contributed by atoms with E-state index in [2.05, 4.69) is 5.32 Å². The van der Waals surface area contributed by atoms with Gasteiger partial charge in [-0.25, -0.2) is 4.79 Å². The third kappa shape index (κ3) is 2.14. The molecular formula is C13H20N2O3S. The zero-order valence-corrected chi connectivity index (χ0v) is 11.9. The summed E-state index contributed by atoms with van der Waals surface area (Å²) in [6.45, 7) is 2.83. The van der Waals surface area contributed by atoms with Gasteiger partial charge in [0.2, 0.25) is 5.91 Å². The van der Waals surface area contributed by atoms with Gasteiger partial charge in [-0.3, -0.25) is 4.79 Å². The summed E-state index contributed by atoms with van der Waals surface area (Å²) in [5, 5.41) is 12.5. The fourth-order valence-electron chi connectivity index (χ4n) is 3.79. The number of carboxylic acid groups (broad SMARTS) is 1. The molecule has 0 radical (unpaired) electrons. The average molecular weight is 284 g/mol.